The first-order chi connectivity index (χ1) is 30.7. The number of aromatic hydroxyl groups is 1. The maximum atomic E-state index is 14.2. The van der Waals surface area contributed by atoms with Gasteiger partial charge in [0.15, 0.2) is 5.96 Å². The fourth-order valence-electron chi connectivity index (χ4n) is 6.87. The van der Waals surface area contributed by atoms with Gasteiger partial charge in [0.1, 0.15) is 42.0 Å². The molecule has 0 aliphatic rings. The third-order valence-corrected chi connectivity index (χ3v) is 10.5. The molecule has 0 aliphatic heterocycles. The van der Waals surface area contributed by atoms with Crippen LogP contribution in [0, 0.1) is 17.8 Å². The molecule has 15 N–H and O–H groups in total. The maximum absolute atomic E-state index is 14.2. The summed E-state index contributed by atoms with van der Waals surface area (Å²) in [5.74, 6) is -5.21. The van der Waals surface area contributed by atoms with Crippen LogP contribution in [0.5, 0.6) is 5.75 Å². The van der Waals surface area contributed by atoms with Gasteiger partial charge in [0, 0.05) is 18.9 Å². The number of nitrogens with two attached hydrogens (primary N) is 4. The average Bonchev–Trinajstić information content (AvgIpc) is 3.24. The average molecular weight is 908 g/mol. The van der Waals surface area contributed by atoms with Gasteiger partial charge in [-0.1, -0.05) is 77.1 Å². The minimum absolute atomic E-state index is 0.0785. The minimum Gasteiger partial charge on any atom is -0.508 e. The van der Waals surface area contributed by atoms with Gasteiger partial charge >= 0.3 is 0 Å². The van der Waals surface area contributed by atoms with E-state index in [4.69, 9.17) is 22.9 Å². The number of guanidine groups is 1. The zero-order chi connectivity index (χ0) is 48.6. The van der Waals surface area contributed by atoms with Crippen LogP contribution in [0.2, 0.25) is 0 Å². The zero-order valence-corrected chi connectivity index (χ0v) is 38.7. The molecule has 0 spiro atoms. The number of phenols is 1. The Morgan fingerprint density at radius 2 is 0.985 bits per heavy atom. The van der Waals surface area contributed by atoms with Crippen LogP contribution < -0.4 is 54.8 Å². The van der Waals surface area contributed by atoms with Gasteiger partial charge in [-0.2, -0.15) is 0 Å². The molecule has 0 aliphatic carbocycles. The first-order valence-corrected chi connectivity index (χ1v) is 22.4. The highest BCUT2D eigenvalue weighted by Gasteiger charge is 2.34. The number of nitrogens with zero attached hydrogens (tertiary/aromatic N) is 1. The van der Waals surface area contributed by atoms with Crippen molar-refractivity contribution in [1.29, 1.82) is 0 Å². The monoisotopic (exact) mass is 908 g/mol. The number of nitrogens with one attached hydrogen (secondary N) is 6. The number of hydrogen-bond donors (Lipinski definition) is 11. The number of amides is 7. The van der Waals surface area contributed by atoms with Gasteiger partial charge < -0.3 is 59.9 Å². The van der Waals surface area contributed by atoms with Crippen LogP contribution in [0.25, 0.3) is 0 Å². The van der Waals surface area contributed by atoms with E-state index in [1.165, 1.54) is 19.1 Å². The quantitative estimate of drug-likeness (QED) is 0.0303. The zero-order valence-electron chi connectivity index (χ0n) is 38.7. The molecule has 0 aromatic heterocycles. The predicted octanol–water partition coefficient (Wildman–Crippen LogP) is 0.502. The lowest BCUT2D eigenvalue weighted by Gasteiger charge is -2.29. The number of carbonyl (C=O) groups is 7. The molecule has 360 valence electrons. The Hall–Kier alpha value is -6.24. The van der Waals surface area contributed by atoms with E-state index in [1.54, 1.807) is 43.3 Å². The topological polar surface area (TPSA) is 328 Å². The molecule has 0 bridgehead atoms. The molecule has 2 rings (SSSR count). The molecule has 0 fully saturated rings. The second-order valence-electron chi connectivity index (χ2n) is 17.4. The van der Waals surface area contributed by atoms with E-state index >= 15 is 0 Å². The van der Waals surface area contributed by atoms with Crippen molar-refractivity contribution in [3.8, 4) is 5.75 Å². The molecule has 19 nitrogen and oxygen atoms in total. The van der Waals surface area contributed by atoms with E-state index in [2.05, 4.69) is 36.9 Å². The fourth-order valence-corrected chi connectivity index (χ4v) is 6.87. The molecule has 2 aromatic carbocycles. The number of hydrogen-bond acceptors (Lipinski definition) is 10. The fraction of sp³-hybridized carbons (Fsp3) is 0.565. The summed E-state index contributed by atoms with van der Waals surface area (Å²) in [7, 11) is 0. The van der Waals surface area contributed by atoms with Gasteiger partial charge in [0.25, 0.3) is 0 Å². The molecule has 7 amide bonds. The predicted molar refractivity (Wildman–Crippen MR) is 249 cm³/mol. The number of benzene rings is 2. The molecular weight excluding hydrogens is 835 g/mol. The molecule has 0 unspecified atom stereocenters. The highest BCUT2D eigenvalue weighted by Crippen LogP contribution is 2.16. The van der Waals surface area contributed by atoms with Crippen molar-refractivity contribution >= 4 is 47.3 Å². The third-order valence-electron chi connectivity index (χ3n) is 10.5. The lowest BCUT2D eigenvalue weighted by atomic mass is 9.98. The van der Waals surface area contributed by atoms with Crippen molar-refractivity contribution in [3.63, 3.8) is 0 Å². The third kappa shape index (κ3) is 21.3. The summed E-state index contributed by atoms with van der Waals surface area (Å²) in [6.45, 7) is 11.1. The van der Waals surface area contributed by atoms with E-state index < -0.39 is 83.5 Å². The van der Waals surface area contributed by atoms with Crippen LogP contribution in [0.1, 0.15) is 97.6 Å². The summed E-state index contributed by atoms with van der Waals surface area (Å²) in [4.78, 5) is 98.9. The molecular formula is C46H73N11O8. The van der Waals surface area contributed by atoms with Crippen LogP contribution in [0.15, 0.2) is 59.6 Å². The van der Waals surface area contributed by atoms with Gasteiger partial charge in [-0.15, -0.1) is 0 Å². The van der Waals surface area contributed by atoms with Gasteiger partial charge in [0.2, 0.25) is 41.4 Å². The molecule has 19 heteroatoms. The largest absolute Gasteiger partial charge is 0.508 e. The Morgan fingerprint density at radius 1 is 0.538 bits per heavy atom. The smallest absolute Gasteiger partial charge is 0.243 e. The summed E-state index contributed by atoms with van der Waals surface area (Å²) in [5, 5.41) is 26.2. The molecule has 0 saturated carbocycles. The van der Waals surface area contributed by atoms with Crippen molar-refractivity contribution in [2.24, 2.45) is 45.7 Å². The van der Waals surface area contributed by atoms with Gasteiger partial charge in [-0.05, 0) is 99.9 Å². The second-order valence-corrected chi connectivity index (χ2v) is 17.4. The SMILES string of the molecule is CC(C)C[C@H](NC(=O)[C@H](CC(C)C)NC(=O)[C@H](CCCCN)NC(=O)[C@H](CCCN=C(N)N)NC(=O)[C@@H](C)Cc1ccc(O)cc1)C(=O)N[C@@H](Cc1ccccc1)C(=O)N[C@@H](C)C(N)=O. The summed E-state index contributed by atoms with van der Waals surface area (Å²) < 4.78 is 0. The summed E-state index contributed by atoms with van der Waals surface area (Å²) >= 11 is 0. The Bertz CT molecular complexity index is 1870. The Labute approximate surface area is 382 Å². The lowest BCUT2D eigenvalue weighted by Crippen LogP contribution is -2.60. The first kappa shape index (κ1) is 54.9. The van der Waals surface area contributed by atoms with E-state index in [0.29, 0.717) is 32.2 Å². The molecule has 7 atom stereocenters. The van der Waals surface area contributed by atoms with E-state index in [9.17, 15) is 38.7 Å². The molecule has 65 heavy (non-hydrogen) atoms. The van der Waals surface area contributed by atoms with Crippen LogP contribution in [-0.2, 0) is 46.4 Å². The van der Waals surface area contributed by atoms with Crippen molar-refractivity contribution in [2.75, 3.05) is 13.1 Å². The van der Waals surface area contributed by atoms with Crippen LogP contribution in [0.3, 0.4) is 0 Å². The number of phenolic OH excluding ortho intramolecular Hbond substituents is 1. The normalized spacial score (nSPS) is 14.4. The molecule has 0 saturated heterocycles. The van der Waals surface area contributed by atoms with Crippen LogP contribution in [0.4, 0.5) is 0 Å². The summed E-state index contributed by atoms with van der Waals surface area (Å²) in [5.41, 5.74) is 23.7. The maximum Gasteiger partial charge on any atom is 0.243 e. The number of carbonyl (C=O) groups excluding carboxylic acids is 7. The van der Waals surface area contributed by atoms with Crippen LogP contribution in [-0.4, -0.2) is 102 Å². The summed E-state index contributed by atoms with van der Waals surface area (Å²) in [6.07, 6.45) is 2.36. The standard InChI is InChI=1S/C46H73N11O8/c1-27(2)23-36(44(64)56-37(24-28(3)4)45(65)57-38(26-31-13-8-7-9-14-31)43(63)52-30(6)39(48)59)55-42(62)34(15-10-11-21-47)54-41(61)35(16-12-22-51-46(49)50)53-40(60)29(5)25-32-17-19-33(58)20-18-32/h7-9,13-14,17-20,27-30,34-38,58H,10-12,15-16,21-26,47H2,1-6H3,(H2,48,59)(H,52,63)(H,53,60)(H,54,61)(H,55,62)(H,56,64)(H,57,65)(H4,49,50,51)/t29-,30-,34-,35-,36-,37-,38-/m0/s1. The second kappa shape index (κ2) is 28.5. The highest BCUT2D eigenvalue weighted by atomic mass is 16.3. The highest BCUT2D eigenvalue weighted by molar-refractivity contribution is 5.97. The van der Waals surface area contributed by atoms with Gasteiger partial charge in [0.05, 0.1) is 0 Å². The Balaban J connectivity index is 2.36. The minimum atomic E-state index is -1.14. The first-order valence-electron chi connectivity index (χ1n) is 22.4. The molecule has 0 heterocycles. The van der Waals surface area contributed by atoms with E-state index in [0.717, 1.165) is 11.1 Å². The lowest BCUT2D eigenvalue weighted by molar-refractivity contribution is -0.136. The van der Waals surface area contributed by atoms with Gasteiger partial charge in [-0.25, -0.2) is 0 Å². The number of primary amides is 1. The number of unbranched alkanes of at least 4 members (excludes halogenated alkanes) is 1. The van der Waals surface area contributed by atoms with Crippen molar-refractivity contribution in [1.82, 2.24) is 31.9 Å². The van der Waals surface area contributed by atoms with Crippen LogP contribution >= 0.6 is 0 Å². The number of rotatable bonds is 29. The van der Waals surface area contributed by atoms with Crippen molar-refractivity contribution in [3.05, 3.63) is 65.7 Å². The van der Waals surface area contributed by atoms with Crippen molar-refractivity contribution in [2.45, 2.75) is 136 Å². The van der Waals surface area contributed by atoms with Gasteiger partial charge in [-0.3, -0.25) is 38.6 Å². The number of aliphatic imine (C=N–C) groups is 1. The van der Waals surface area contributed by atoms with E-state index in [-0.39, 0.29) is 62.2 Å². The Morgan fingerprint density at radius 3 is 1.48 bits per heavy atom. The molecule has 0 radical (unpaired) electrons. The molecule has 2 aromatic rings. The summed E-state index contributed by atoms with van der Waals surface area (Å²) in [6, 6.07) is 8.76. The van der Waals surface area contributed by atoms with Crippen molar-refractivity contribution < 1.29 is 38.7 Å². The van der Waals surface area contributed by atoms with E-state index in [1.807, 2.05) is 33.8 Å². The Kier molecular flexibility index (Phi) is 24.1.